The van der Waals surface area contributed by atoms with Crippen molar-refractivity contribution in [2.45, 2.75) is 63.3 Å². The summed E-state index contributed by atoms with van der Waals surface area (Å²) in [6.07, 6.45) is 3.91. The molecule has 1 aliphatic heterocycles. The summed E-state index contributed by atoms with van der Waals surface area (Å²) in [6.45, 7) is 7.00. The van der Waals surface area contributed by atoms with Crippen molar-refractivity contribution in [1.29, 1.82) is 0 Å². The summed E-state index contributed by atoms with van der Waals surface area (Å²) in [4.78, 5) is 0. The monoisotopic (exact) mass is 304 g/mol. The minimum absolute atomic E-state index is 0.0224. The van der Waals surface area contributed by atoms with Gasteiger partial charge in [0.2, 0.25) is 0 Å². The van der Waals surface area contributed by atoms with Crippen LogP contribution in [0.4, 0.5) is 0 Å². The average molecular weight is 305 g/mol. The average Bonchev–Trinajstić information content (AvgIpc) is 3.24. The lowest BCUT2D eigenvalue weighted by molar-refractivity contribution is -0.0518. The first-order valence-electron chi connectivity index (χ1n) is 7.97. The van der Waals surface area contributed by atoms with E-state index in [-0.39, 0.29) is 5.91 Å². The molecule has 0 N–H and O–H groups in total. The third kappa shape index (κ3) is 5.82. The van der Waals surface area contributed by atoms with Crippen molar-refractivity contribution in [3.8, 4) is 0 Å². The fourth-order valence-electron chi connectivity index (χ4n) is 3.23. The van der Waals surface area contributed by atoms with Gasteiger partial charge in [-0.15, -0.1) is 0 Å². The van der Waals surface area contributed by atoms with Crippen LogP contribution in [0.5, 0.6) is 0 Å². The lowest BCUT2D eigenvalue weighted by Crippen LogP contribution is -2.49. The molecule has 1 fully saturated rings. The van der Waals surface area contributed by atoms with Gasteiger partial charge < -0.3 is 18.9 Å². The third-order valence-corrected chi connectivity index (χ3v) is 9.91. The van der Waals surface area contributed by atoms with Gasteiger partial charge in [0.25, 0.3) is 0 Å². The van der Waals surface area contributed by atoms with Crippen molar-refractivity contribution in [3.63, 3.8) is 0 Å². The second kappa shape index (κ2) is 9.90. The smallest absolute Gasteiger partial charge is 0.141 e. The third-order valence-electron chi connectivity index (χ3n) is 4.09. The summed E-state index contributed by atoms with van der Waals surface area (Å²) in [7, 11) is 2.02. The van der Waals surface area contributed by atoms with E-state index in [9.17, 15) is 0 Å². The second-order valence-electron chi connectivity index (χ2n) is 5.80. The SMILES string of the molecule is CCC[Si](CCC)(CCCOCC1CO1)C(OC)OC. The van der Waals surface area contributed by atoms with Crippen LogP contribution in [0, 0.1) is 0 Å². The van der Waals surface area contributed by atoms with Gasteiger partial charge in [0.15, 0.2) is 0 Å². The maximum atomic E-state index is 5.67. The highest BCUT2D eigenvalue weighted by Crippen LogP contribution is 2.31. The molecule has 0 radical (unpaired) electrons. The Hall–Kier alpha value is 0.0569. The fraction of sp³-hybridized carbons (Fsp3) is 1.00. The normalized spacial score (nSPS) is 18.8. The van der Waals surface area contributed by atoms with E-state index in [4.69, 9.17) is 18.9 Å². The molecule has 0 aromatic heterocycles. The van der Waals surface area contributed by atoms with E-state index in [2.05, 4.69) is 13.8 Å². The van der Waals surface area contributed by atoms with Crippen LogP contribution < -0.4 is 0 Å². The van der Waals surface area contributed by atoms with E-state index in [0.717, 1.165) is 26.2 Å². The summed E-state index contributed by atoms with van der Waals surface area (Å²) in [5.74, 6) is 0.0224. The Morgan fingerprint density at radius 1 is 1.10 bits per heavy atom. The molecule has 4 nitrogen and oxygen atoms in total. The van der Waals surface area contributed by atoms with Gasteiger partial charge >= 0.3 is 0 Å². The van der Waals surface area contributed by atoms with Gasteiger partial charge in [0.1, 0.15) is 20.1 Å². The predicted octanol–water partition coefficient (Wildman–Crippen LogP) is 3.22. The molecule has 0 aromatic rings. The summed E-state index contributed by atoms with van der Waals surface area (Å²) in [5.41, 5.74) is 0. The molecule has 1 atom stereocenters. The van der Waals surface area contributed by atoms with E-state index >= 15 is 0 Å². The zero-order valence-corrected chi connectivity index (χ0v) is 14.7. The van der Waals surface area contributed by atoms with Crippen molar-refractivity contribution in [1.82, 2.24) is 0 Å². The quantitative estimate of drug-likeness (QED) is 0.227. The zero-order valence-electron chi connectivity index (χ0n) is 13.7. The first-order valence-corrected chi connectivity index (χ1v) is 10.7. The number of epoxide rings is 1. The van der Waals surface area contributed by atoms with Gasteiger partial charge in [0, 0.05) is 20.8 Å². The molecule has 1 saturated heterocycles. The van der Waals surface area contributed by atoms with Gasteiger partial charge in [-0.2, -0.15) is 0 Å². The molecule has 0 aliphatic carbocycles. The molecule has 5 heteroatoms. The van der Waals surface area contributed by atoms with Gasteiger partial charge in [-0.25, -0.2) is 0 Å². The van der Waals surface area contributed by atoms with E-state index in [1.54, 1.807) is 14.2 Å². The predicted molar refractivity (Wildman–Crippen MR) is 83.7 cm³/mol. The molecule has 0 bridgehead atoms. The highest BCUT2D eigenvalue weighted by molar-refractivity contribution is 6.80. The van der Waals surface area contributed by atoms with Gasteiger partial charge in [-0.1, -0.05) is 44.8 Å². The Bertz CT molecular complexity index is 236. The van der Waals surface area contributed by atoms with Crippen molar-refractivity contribution in [2.24, 2.45) is 0 Å². The highest BCUT2D eigenvalue weighted by Gasteiger charge is 2.40. The molecule has 0 aromatic carbocycles. The number of hydrogen-bond donors (Lipinski definition) is 0. The Morgan fingerprint density at radius 2 is 1.70 bits per heavy atom. The fourth-order valence-corrected chi connectivity index (χ4v) is 8.52. The highest BCUT2D eigenvalue weighted by atomic mass is 28.3. The van der Waals surface area contributed by atoms with E-state index in [1.165, 1.54) is 31.0 Å². The van der Waals surface area contributed by atoms with Crippen LogP contribution in [0.25, 0.3) is 0 Å². The van der Waals surface area contributed by atoms with Crippen LogP contribution >= 0.6 is 0 Å². The minimum atomic E-state index is -1.54. The maximum Gasteiger partial charge on any atom is 0.141 e. The Morgan fingerprint density at radius 3 is 2.15 bits per heavy atom. The van der Waals surface area contributed by atoms with Gasteiger partial charge in [-0.05, 0) is 6.42 Å². The topological polar surface area (TPSA) is 40.2 Å². The lowest BCUT2D eigenvalue weighted by Gasteiger charge is -2.37. The largest absolute Gasteiger partial charge is 0.379 e. The number of rotatable bonds is 13. The van der Waals surface area contributed by atoms with Crippen molar-refractivity contribution in [3.05, 3.63) is 0 Å². The van der Waals surface area contributed by atoms with Gasteiger partial charge in [0.05, 0.1) is 13.2 Å². The van der Waals surface area contributed by atoms with E-state index in [0.29, 0.717) is 6.10 Å². The standard InChI is InChI=1S/C15H32O4Si/c1-5-9-20(10-6-2,15(16-3)17-4)11-7-8-18-12-14-13-19-14/h14-15H,5-13H2,1-4H3. The second-order valence-corrected chi connectivity index (χ2v) is 10.5. The molecular formula is C15H32O4Si. The molecular weight excluding hydrogens is 272 g/mol. The van der Waals surface area contributed by atoms with Crippen molar-refractivity contribution < 1.29 is 18.9 Å². The van der Waals surface area contributed by atoms with Crippen LogP contribution in [-0.2, 0) is 18.9 Å². The molecule has 0 saturated carbocycles. The summed E-state index contributed by atoms with van der Waals surface area (Å²) in [6, 6.07) is 3.78. The van der Waals surface area contributed by atoms with Crippen LogP contribution in [0.1, 0.15) is 33.1 Å². The molecule has 0 spiro atoms. The van der Waals surface area contributed by atoms with Crippen LogP contribution in [-0.4, -0.2) is 54.1 Å². The van der Waals surface area contributed by atoms with Crippen molar-refractivity contribution >= 4 is 8.07 Å². The Balaban J connectivity index is 2.44. The minimum Gasteiger partial charge on any atom is -0.379 e. The first kappa shape index (κ1) is 18.1. The molecule has 0 amide bonds. The molecule has 20 heavy (non-hydrogen) atoms. The molecule has 1 rings (SSSR count). The van der Waals surface area contributed by atoms with Crippen LogP contribution in [0.15, 0.2) is 0 Å². The zero-order chi connectivity index (χ0) is 14.8. The number of methoxy groups -OCH3 is 2. The van der Waals surface area contributed by atoms with E-state index in [1.807, 2.05) is 0 Å². The van der Waals surface area contributed by atoms with Crippen LogP contribution in [0.2, 0.25) is 18.1 Å². The van der Waals surface area contributed by atoms with Crippen LogP contribution in [0.3, 0.4) is 0 Å². The Labute approximate surface area is 125 Å². The van der Waals surface area contributed by atoms with E-state index < -0.39 is 8.07 Å². The maximum absolute atomic E-state index is 5.67. The van der Waals surface area contributed by atoms with Crippen molar-refractivity contribution in [2.75, 3.05) is 34.0 Å². The molecule has 1 unspecified atom stereocenters. The summed E-state index contributed by atoms with van der Waals surface area (Å²) < 4.78 is 22.1. The summed E-state index contributed by atoms with van der Waals surface area (Å²) >= 11 is 0. The number of ether oxygens (including phenoxy) is 4. The Kier molecular flexibility index (Phi) is 8.96. The molecule has 1 heterocycles. The summed E-state index contributed by atoms with van der Waals surface area (Å²) in [5, 5.41) is 0. The lowest BCUT2D eigenvalue weighted by atomic mass is 10.5. The molecule has 120 valence electrons. The number of hydrogen-bond acceptors (Lipinski definition) is 4. The molecule has 1 aliphatic rings. The first-order chi connectivity index (χ1) is 9.72. The van der Waals surface area contributed by atoms with Gasteiger partial charge in [-0.3, -0.25) is 0 Å².